The second kappa shape index (κ2) is 11.6. The second-order valence-corrected chi connectivity index (χ2v) is 9.33. The molecule has 0 saturated carbocycles. The van der Waals surface area contributed by atoms with Gasteiger partial charge in [0, 0.05) is 11.1 Å². The van der Waals surface area contributed by atoms with Crippen LogP contribution in [-0.2, 0) is 11.4 Å². The highest BCUT2D eigenvalue weighted by molar-refractivity contribution is 8.26. The first-order valence-corrected chi connectivity index (χ1v) is 12.2. The third kappa shape index (κ3) is 5.91. The Bertz CT molecular complexity index is 1430. The molecular weight excluding hydrogens is 510 g/mol. The van der Waals surface area contributed by atoms with E-state index in [1.165, 1.54) is 14.2 Å². The summed E-state index contributed by atoms with van der Waals surface area (Å²) < 4.78 is 16.7. The summed E-state index contributed by atoms with van der Waals surface area (Å²) >= 11 is 6.40. The monoisotopic (exact) mass is 531 g/mol. The summed E-state index contributed by atoms with van der Waals surface area (Å²) in [6, 6.07) is 21.1. The van der Waals surface area contributed by atoms with Crippen molar-refractivity contribution in [3.63, 3.8) is 0 Å². The van der Waals surface area contributed by atoms with E-state index in [-0.39, 0.29) is 10.9 Å². The van der Waals surface area contributed by atoms with Crippen LogP contribution in [0.1, 0.15) is 27.0 Å². The number of nitriles is 1. The lowest BCUT2D eigenvalue weighted by atomic mass is 10.1. The van der Waals surface area contributed by atoms with Crippen molar-refractivity contribution in [3.05, 3.63) is 93.9 Å². The summed E-state index contributed by atoms with van der Waals surface area (Å²) in [5, 5.41) is 10.3. The molecule has 10 heteroatoms. The number of hydrogen-bond acceptors (Lipinski definition) is 8. The first-order valence-electron chi connectivity index (χ1n) is 11.0. The van der Waals surface area contributed by atoms with Crippen molar-refractivity contribution >= 4 is 46.2 Å². The fourth-order valence-electron chi connectivity index (χ4n) is 3.43. The lowest BCUT2D eigenvalue weighted by molar-refractivity contribution is -0.123. The predicted octanol–water partition coefficient (Wildman–Crippen LogP) is 4.70. The summed E-state index contributed by atoms with van der Waals surface area (Å²) in [7, 11) is 3.05. The van der Waals surface area contributed by atoms with E-state index >= 15 is 0 Å². The number of ether oxygens (including phenoxy) is 3. The van der Waals surface area contributed by atoms with Crippen molar-refractivity contribution in [1.29, 1.82) is 5.26 Å². The molecule has 8 nitrogen and oxygen atoms in total. The number of carbonyl (C=O) groups is 2. The zero-order valence-corrected chi connectivity index (χ0v) is 21.5. The molecule has 1 fully saturated rings. The Labute approximate surface area is 223 Å². The molecule has 1 aliphatic rings. The van der Waals surface area contributed by atoms with E-state index < -0.39 is 11.8 Å². The van der Waals surface area contributed by atoms with E-state index in [1.54, 1.807) is 60.7 Å². The van der Waals surface area contributed by atoms with Crippen LogP contribution >= 0.6 is 24.0 Å². The quantitative estimate of drug-likeness (QED) is 0.330. The van der Waals surface area contributed by atoms with Gasteiger partial charge >= 0.3 is 0 Å². The maximum Gasteiger partial charge on any atom is 0.285 e. The number of nitrogens with zero attached hydrogens (tertiary/aromatic N) is 2. The number of hydrazine groups is 1. The van der Waals surface area contributed by atoms with Gasteiger partial charge in [0.2, 0.25) is 0 Å². The summed E-state index contributed by atoms with van der Waals surface area (Å²) in [4.78, 5) is 25.9. The SMILES string of the molecule is COc1ccc(C(=O)NN2C(=O)/C(=C/c3ccc(OCc4ccccc4C#N)c(OC)c3)SC2=S)cc1. The van der Waals surface area contributed by atoms with Gasteiger partial charge in [-0.3, -0.25) is 15.0 Å². The molecule has 37 heavy (non-hydrogen) atoms. The Morgan fingerprint density at radius 1 is 1.08 bits per heavy atom. The van der Waals surface area contributed by atoms with Crippen LogP contribution in [-0.4, -0.2) is 35.4 Å². The van der Waals surface area contributed by atoms with Crippen LogP contribution < -0.4 is 19.6 Å². The van der Waals surface area contributed by atoms with E-state index in [0.717, 1.165) is 22.3 Å². The number of benzene rings is 3. The van der Waals surface area contributed by atoms with Crippen molar-refractivity contribution in [2.75, 3.05) is 14.2 Å². The van der Waals surface area contributed by atoms with Gasteiger partial charge in [-0.2, -0.15) is 10.3 Å². The van der Waals surface area contributed by atoms with Gasteiger partial charge in [0.25, 0.3) is 11.8 Å². The number of thioether (sulfide) groups is 1. The van der Waals surface area contributed by atoms with Crippen molar-refractivity contribution in [1.82, 2.24) is 10.4 Å². The molecule has 186 valence electrons. The number of amides is 2. The van der Waals surface area contributed by atoms with Crippen molar-refractivity contribution in [2.24, 2.45) is 0 Å². The molecule has 3 aromatic rings. The van der Waals surface area contributed by atoms with Gasteiger partial charge in [-0.05, 0) is 66.3 Å². The topological polar surface area (TPSA) is 101 Å². The highest BCUT2D eigenvalue weighted by Crippen LogP contribution is 2.34. The molecule has 0 radical (unpaired) electrons. The van der Waals surface area contributed by atoms with Crippen LogP contribution in [0.5, 0.6) is 17.2 Å². The molecule has 1 heterocycles. The van der Waals surface area contributed by atoms with E-state index in [4.69, 9.17) is 26.4 Å². The van der Waals surface area contributed by atoms with Gasteiger partial charge < -0.3 is 14.2 Å². The van der Waals surface area contributed by atoms with Crippen molar-refractivity contribution in [2.45, 2.75) is 6.61 Å². The number of carbonyl (C=O) groups excluding carboxylic acids is 2. The fourth-order valence-corrected chi connectivity index (χ4v) is 4.61. The third-order valence-corrected chi connectivity index (χ3v) is 6.67. The summed E-state index contributed by atoms with van der Waals surface area (Å²) in [5.41, 5.74) is 4.90. The summed E-state index contributed by atoms with van der Waals surface area (Å²) in [6.45, 7) is 0.200. The van der Waals surface area contributed by atoms with E-state index in [0.29, 0.717) is 38.8 Å². The minimum absolute atomic E-state index is 0.200. The molecule has 0 bridgehead atoms. The normalized spacial score (nSPS) is 13.9. The molecule has 3 aromatic carbocycles. The van der Waals surface area contributed by atoms with Crippen LogP contribution in [0, 0.1) is 11.3 Å². The molecule has 1 aliphatic heterocycles. The van der Waals surface area contributed by atoms with Crippen LogP contribution in [0.2, 0.25) is 0 Å². The third-order valence-electron chi connectivity index (χ3n) is 5.37. The zero-order chi connectivity index (χ0) is 26.4. The van der Waals surface area contributed by atoms with Crippen LogP contribution in [0.4, 0.5) is 0 Å². The Hall–Kier alpha value is -4.33. The van der Waals surface area contributed by atoms with Crippen LogP contribution in [0.25, 0.3) is 6.08 Å². The summed E-state index contributed by atoms with van der Waals surface area (Å²) in [6.07, 6.45) is 1.66. The lowest BCUT2D eigenvalue weighted by Gasteiger charge is -2.15. The number of methoxy groups -OCH3 is 2. The molecule has 2 amide bonds. The fraction of sp³-hybridized carbons (Fsp3) is 0.111. The van der Waals surface area contributed by atoms with Gasteiger partial charge in [0.05, 0.1) is 30.8 Å². The number of rotatable bonds is 8. The smallest absolute Gasteiger partial charge is 0.285 e. The second-order valence-electron chi connectivity index (χ2n) is 7.65. The Morgan fingerprint density at radius 3 is 2.54 bits per heavy atom. The lowest BCUT2D eigenvalue weighted by Crippen LogP contribution is -2.44. The van der Waals surface area contributed by atoms with E-state index in [1.807, 2.05) is 12.1 Å². The first-order chi connectivity index (χ1) is 17.9. The molecular formula is C27H21N3O5S2. The Morgan fingerprint density at radius 2 is 1.84 bits per heavy atom. The molecule has 1 saturated heterocycles. The maximum absolute atomic E-state index is 13.0. The number of nitrogens with one attached hydrogen (secondary N) is 1. The molecule has 0 atom stereocenters. The highest BCUT2D eigenvalue weighted by Gasteiger charge is 2.33. The largest absolute Gasteiger partial charge is 0.497 e. The van der Waals surface area contributed by atoms with Gasteiger partial charge in [-0.25, -0.2) is 0 Å². The maximum atomic E-state index is 13.0. The van der Waals surface area contributed by atoms with E-state index in [2.05, 4.69) is 11.5 Å². The van der Waals surface area contributed by atoms with Crippen LogP contribution in [0.15, 0.2) is 71.6 Å². The summed E-state index contributed by atoms with van der Waals surface area (Å²) in [5.74, 6) is 0.660. The van der Waals surface area contributed by atoms with Gasteiger partial charge in [-0.15, -0.1) is 0 Å². The van der Waals surface area contributed by atoms with E-state index in [9.17, 15) is 14.9 Å². The van der Waals surface area contributed by atoms with Crippen LogP contribution in [0.3, 0.4) is 0 Å². The molecule has 4 rings (SSSR count). The highest BCUT2D eigenvalue weighted by atomic mass is 32.2. The zero-order valence-electron chi connectivity index (χ0n) is 19.9. The molecule has 0 aliphatic carbocycles. The number of hydrogen-bond donors (Lipinski definition) is 1. The molecule has 0 unspecified atom stereocenters. The predicted molar refractivity (Wildman–Crippen MR) is 144 cm³/mol. The van der Waals surface area contributed by atoms with Gasteiger partial charge in [0.15, 0.2) is 15.8 Å². The first kappa shape index (κ1) is 25.8. The average molecular weight is 532 g/mol. The van der Waals surface area contributed by atoms with Gasteiger partial charge in [-0.1, -0.05) is 36.0 Å². The molecule has 1 N–H and O–H groups in total. The molecule has 0 spiro atoms. The Kier molecular flexibility index (Phi) is 8.08. The minimum Gasteiger partial charge on any atom is -0.497 e. The average Bonchev–Trinajstić information content (AvgIpc) is 3.19. The molecule has 0 aromatic heterocycles. The minimum atomic E-state index is -0.471. The Balaban J connectivity index is 1.46. The van der Waals surface area contributed by atoms with Gasteiger partial charge in [0.1, 0.15) is 12.4 Å². The van der Waals surface area contributed by atoms with Crippen molar-refractivity contribution in [3.8, 4) is 23.3 Å². The standard InChI is InChI=1S/C27H21N3O5S2/c1-33-21-10-8-18(9-11-21)25(31)29-30-26(32)24(37-27(30)36)14-17-7-12-22(23(13-17)34-2)35-16-20-6-4-3-5-19(20)15-28/h3-14H,16H2,1-2H3,(H,29,31)/b24-14-. The number of thiocarbonyl (C=S) groups is 1. The van der Waals surface area contributed by atoms with Crippen molar-refractivity contribution < 1.29 is 23.8 Å².